The maximum absolute atomic E-state index is 11.4. The summed E-state index contributed by atoms with van der Waals surface area (Å²) in [6.45, 7) is 2.35. The van der Waals surface area contributed by atoms with E-state index in [1.807, 2.05) is 54.6 Å². The molecule has 1 N–H and O–H groups in total. The first-order valence-electron chi connectivity index (χ1n) is 9.10. The van der Waals surface area contributed by atoms with Crippen LogP contribution in [0.4, 0.5) is 0 Å². The van der Waals surface area contributed by atoms with E-state index < -0.39 is 12.1 Å². The highest BCUT2D eigenvalue weighted by Crippen LogP contribution is 2.26. The number of para-hydroxylation sites is 2. The van der Waals surface area contributed by atoms with Crippen molar-refractivity contribution in [1.29, 1.82) is 0 Å². The number of hydrogen-bond acceptors (Lipinski definition) is 5. The number of carbonyl (C=O) groups is 1. The zero-order valence-corrected chi connectivity index (χ0v) is 15.9. The number of aliphatic carboxylic acids is 1. The summed E-state index contributed by atoms with van der Waals surface area (Å²) in [6.07, 6.45) is -0.679. The summed E-state index contributed by atoms with van der Waals surface area (Å²) in [5.74, 6) is 0.361. The lowest BCUT2D eigenvalue weighted by Gasteiger charge is -2.16. The van der Waals surface area contributed by atoms with Crippen molar-refractivity contribution in [3.8, 4) is 11.5 Å². The third-order valence-electron chi connectivity index (χ3n) is 4.35. The molecule has 2 aromatic carbocycles. The molecule has 0 saturated heterocycles. The van der Waals surface area contributed by atoms with Gasteiger partial charge in [-0.05, 0) is 30.7 Å². The molecule has 0 radical (unpaired) electrons. The molecule has 0 aliphatic carbocycles. The Bertz CT molecular complexity index is 957. The van der Waals surface area contributed by atoms with Gasteiger partial charge in [-0.2, -0.15) is 0 Å². The number of hydrogen-bond donors (Lipinski definition) is 1. The van der Waals surface area contributed by atoms with Crippen LogP contribution in [-0.4, -0.2) is 35.9 Å². The van der Waals surface area contributed by atoms with Gasteiger partial charge in [-0.3, -0.25) is 0 Å². The minimum atomic E-state index is -0.988. The molecule has 3 aromatic rings. The summed E-state index contributed by atoms with van der Waals surface area (Å²) < 4.78 is 16.8. The van der Waals surface area contributed by atoms with Crippen LogP contribution in [0.2, 0.25) is 0 Å². The summed E-state index contributed by atoms with van der Waals surface area (Å²) in [4.78, 5) is 16.0. The molecule has 28 heavy (non-hydrogen) atoms. The van der Waals surface area contributed by atoms with E-state index in [9.17, 15) is 9.90 Å². The third kappa shape index (κ3) is 4.58. The number of rotatable bonds is 9. The van der Waals surface area contributed by atoms with Crippen molar-refractivity contribution in [2.24, 2.45) is 0 Å². The lowest BCUT2D eigenvalue weighted by Crippen LogP contribution is -2.26. The Morgan fingerprint density at radius 2 is 1.86 bits per heavy atom. The van der Waals surface area contributed by atoms with Crippen LogP contribution in [0, 0.1) is 0 Å². The van der Waals surface area contributed by atoms with E-state index in [-0.39, 0.29) is 13.0 Å². The number of ether oxygens (including phenoxy) is 3. The van der Waals surface area contributed by atoms with Crippen LogP contribution in [-0.2, 0) is 22.6 Å². The Kier molecular flexibility index (Phi) is 6.45. The van der Waals surface area contributed by atoms with Gasteiger partial charge >= 0.3 is 5.97 Å². The van der Waals surface area contributed by atoms with E-state index in [0.29, 0.717) is 12.4 Å². The largest absolute Gasteiger partial charge is 0.496 e. The Hall–Kier alpha value is -3.12. The lowest BCUT2D eigenvalue weighted by molar-refractivity contribution is -0.149. The molecule has 6 heteroatoms. The molecular formula is C22H23NO5. The average molecular weight is 381 g/mol. The Morgan fingerprint density at radius 3 is 2.61 bits per heavy atom. The molecule has 6 nitrogen and oxygen atoms in total. The molecule has 0 bridgehead atoms. The molecule has 1 heterocycles. The van der Waals surface area contributed by atoms with Crippen molar-refractivity contribution in [3.05, 3.63) is 65.9 Å². The molecule has 3 rings (SSSR count). The molecule has 1 atom stereocenters. The fourth-order valence-electron chi connectivity index (χ4n) is 3.02. The summed E-state index contributed by atoms with van der Waals surface area (Å²) in [5, 5.41) is 10.3. The van der Waals surface area contributed by atoms with E-state index in [1.54, 1.807) is 14.0 Å². The fraction of sp³-hybridized carbons (Fsp3) is 0.273. The van der Waals surface area contributed by atoms with E-state index in [4.69, 9.17) is 14.2 Å². The van der Waals surface area contributed by atoms with Crippen molar-refractivity contribution in [2.45, 2.75) is 26.1 Å². The van der Waals surface area contributed by atoms with Crippen molar-refractivity contribution >= 4 is 16.9 Å². The first-order valence-corrected chi connectivity index (χ1v) is 9.10. The number of benzene rings is 2. The van der Waals surface area contributed by atoms with Crippen LogP contribution < -0.4 is 9.47 Å². The molecule has 1 aromatic heterocycles. The van der Waals surface area contributed by atoms with Gasteiger partial charge in [-0.15, -0.1) is 0 Å². The minimum Gasteiger partial charge on any atom is -0.496 e. The molecular weight excluding hydrogens is 358 g/mol. The first kappa shape index (κ1) is 19.6. The Morgan fingerprint density at radius 1 is 1.11 bits per heavy atom. The predicted octanol–water partition coefficient (Wildman–Crippen LogP) is 3.85. The van der Waals surface area contributed by atoms with Crippen molar-refractivity contribution < 1.29 is 24.1 Å². The highest BCUT2D eigenvalue weighted by molar-refractivity contribution is 5.85. The molecule has 0 aliphatic rings. The fourth-order valence-corrected chi connectivity index (χ4v) is 3.02. The number of carboxylic acids is 1. The first-order chi connectivity index (χ1) is 13.6. The van der Waals surface area contributed by atoms with E-state index in [0.717, 1.165) is 27.9 Å². The number of nitrogens with zero attached hydrogens (tertiary/aromatic N) is 1. The normalized spacial score (nSPS) is 11.9. The molecule has 0 amide bonds. The second-order valence-corrected chi connectivity index (χ2v) is 6.22. The van der Waals surface area contributed by atoms with Crippen molar-refractivity contribution in [3.63, 3.8) is 0 Å². The quantitative estimate of drug-likeness (QED) is 0.607. The van der Waals surface area contributed by atoms with Crippen LogP contribution in [0.5, 0.6) is 11.5 Å². The van der Waals surface area contributed by atoms with E-state index in [2.05, 4.69) is 4.98 Å². The maximum Gasteiger partial charge on any atom is 0.333 e. The number of aromatic nitrogens is 1. The zero-order chi connectivity index (χ0) is 19.9. The highest BCUT2D eigenvalue weighted by atomic mass is 16.5. The van der Waals surface area contributed by atoms with E-state index >= 15 is 0 Å². The monoisotopic (exact) mass is 381 g/mol. The van der Waals surface area contributed by atoms with Crippen LogP contribution >= 0.6 is 0 Å². The lowest BCUT2D eigenvalue weighted by atomic mass is 10.1. The smallest absolute Gasteiger partial charge is 0.333 e. The molecule has 0 aliphatic heterocycles. The number of methoxy groups -OCH3 is 1. The summed E-state index contributed by atoms with van der Waals surface area (Å²) in [6, 6.07) is 17.0. The highest BCUT2D eigenvalue weighted by Gasteiger charge is 2.20. The topological polar surface area (TPSA) is 77.9 Å². The predicted molar refractivity (Wildman–Crippen MR) is 106 cm³/mol. The molecule has 146 valence electrons. The molecule has 0 fully saturated rings. The van der Waals surface area contributed by atoms with Gasteiger partial charge < -0.3 is 19.3 Å². The van der Waals surface area contributed by atoms with Crippen molar-refractivity contribution in [1.82, 2.24) is 4.98 Å². The number of fused-ring (bicyclic) bond motifs is 1. The van der Waals surface area contributed by atoms with E-state index in [1.165, 1.54) is 0 Å². The van der Waals surface area contributed by atoms with Gasteiger partial charge in [-0.25, -0.2) is 9.78 Å². The number of pyridine rings is 1. The summed E-state index contributed by atoms with van der Waals surface area (Å²) >= 11 is 0. The second kappa shape index (κ2) is 9.19. The number of carboxylic acid groups (broad SMARTS) is 1. The van der Waals surface area contributed by atoms with Crippen LogP contribution in [0.15, 0.2) is 54.6 Å². The average Bonchev–Trinajstić information content (AvgIpc) is 2.72. The van der Waals surface area contributed by atoms with Gasteiger partial charge in [-0.1, -0.05) is 30.3 Å². The molecule has 0 spiro atoms. The standard InChI is InChI=1S/C22H23NO5/c1-3-27-21(22(24)25)12-15-8-4-7-11-19(15)28-14-16-13-20(26-2)17-9-5-6-10-18(17)23-16/h4-11,13,21H,3,12,14H2,1-2H3,(H,24,25). The van der Waals surface area contributed by atoms with Gasteiger partial charge in [0.1, 0.15) is 18.1 Å². The Balaban J connectivity index is 1.80. The van der Waals surface area contributed by atoms with Crippen LogP contribution in [0.25, 0.3) is 10.9 Å². The second-order valence-electron chi connectivity index (χ2n) is 6.22. The maximum atomic E-state index is 11.4. The molecule has 0 saturated carbocycles. The summed E-state index contributed by atoms with van der Waals surface area (Å²) in [5.41, 5.74) is 2.33. The Labute approximate surface area is 163 Å². The molecule has 1 unspecified atom stereocenters. The van der Waals surface area contributed by atoms with Crippen molar-refractivity contribution in [2.75, 3.05) is 13.7 Å². The third-order valence-corrected chi connectivity index (χ3v) is 4.35. The van der Waals surface area contributed by atoms with Gasteiger partial charge in [0.25, 0.3) is 0 Å². The van der Waals surface area contributed by atoms with Gasteiger partial charge in [0.2, 0.25) is 0 Å². The zero-order valence-electron chi connectivity index (χ0n) is 15.9. The van der Waals surface area contributed by atoms with Gasteiger partial charge in [0.05, 0.1) is 18.3 Å². The minimum absolute atomic E-state index is 0.230. The summed E-state index contributed by atoms with van der Waals surface area (Å²) in [7, 11) is 1.63. The SMILES string of the molecule is CCOC(Cc1ccccc1OCc1cc(OC)c2ccccc2n1)C(=O)O. The van der Waals surface area contributed by atoms with Gasteiger partial charge in [0.15, 0.2) is 6.10 Å². The van der Waals surface area contributed by atoms with Gasteiger partial charge in [0, 0.05) is 24.5 Å². The van der Waals surface area contributed by atoms with Crippen LogP contribution in [0.1, 0.15) is 18.2 Å². The van der Waals surface area contributed by atoms with Crippen LogP contribution in [0.3, 0.4) is 0 Å².